The molecule has 0 radical (unpaired) electrons. The highest BCUT2D eigenvalue weighted by Crippen LogP contribution is 2.35. The molecule has 0 aliphatic carbocycles. The van der Waals surface area contributed by atoms with Crippen molar-refractivity contribution in [3.63, 3.8) is 0 Å². The summed E-state index contributed by atoms with van der Waals surface area (Å²) < 4.78 is 50.6. The van der Waals surface area contributed by atoms with E-state index >= 15 is 0 Å². The van der Waals surface area contributed by atoms with Crippen LogP contribution in [0.25, 0.3) is 11.3 Å². The number of benzene rings is 3. The first kappa shape index (κ1) is 27.2. The van der Waals surface area contributed by atoms with Gasteiger partial charge in [-0.15, -0.1) is 11.8 Å². The average molecular weight is 542 g/mol. The van der Waals surface area contributed by atoms with Crippen LogP contribution >= 0.6 is 11.8 Å². The molecule has 38 heavy (non-hydrogen) atoms. The molecule has 1 N–H and O–H groups in total. The number of carbonyl (C=O) groups is 1. The second-order valence-corrected chi connectivity index (χ2v) is 9.77. The smallest absolute Gasteiger partial charge is 0.416 e. The summed E-state index contributed by atoms with van der Waals surface area (Å²) in [7, 11) is 1.95. The van der Waals surface area contributed by atoms with E-state index in [1.165, 1.54) is 12.1 Å². The largest absolute Gasteiger partial charge is 0.482 e. The van der Waals surface area contributed by atoms with Gasteiger partial charge < -0.3 is 19.2 Å². The Labute approximate surface area is 222 Å². The summed E-state index contributed by atoms with van der Waals surface area (Å²) in [4.78, 5) is 13.8. The van der Waals surface area contributed by atoms with Crippen molar-refractivity contribution in [2.45, 2.75) is 30.3 Å². The van der Waals surface area contributed by atoms with E-state index in [9.17, 15) is 18.0 Å². The van der Waals surface area contributed by atoms with Gasteiger partial charge in [0, 0.05) is 34.5 Å². The van der Waals surface area contributed by atoms with E-state index in [-0.39, 0.29) is 0 Å². The monoisotopic (exact) mass is 541 g/mol. The maximum atomic E-state index is 13.0. The zero-order valence-corrected chi connectivity index (χ0v) is 21.6. The predicted molar refractivity (Wildman–Crippen MR) is 142 cm³/mol. The molecular weight excluding hydrogens is 515 g/mol. The van der Waals surface area contributed by atoms with Crippen LogP contribution in [0.15, 0.2) is 88.2 Å². The molecule has 0 unspecified atom stereocenters. The number of nitrogens with zero attached hydrogens (tertiary/aromatic N) is 1. The van der Waals surface area contributed by atoms with Crippen molar-refractivity contribution in [3.8, 4) is 17.1 Å². The lowest BCUT2D eigenvalue weighted by atomic mass is 10.1. The number of para-hydroxylation sites is 1. The van der Waals surface area contributed by atoms with Gasteiger partial charge in [-0.3, -0.25) is 0 Å². The average Bonchev–Trinajstić information content (AvgIpc) is 3.29. The van der Waals surface area contributed by atoms with Crippen LogP contribution in [0.3, 0.4) is 0 Å². The zero-order chi connectivity index (χ0) is 27.3. The van der Waals surface area contributed by atoms with Gasteiger partial charge in [0.05, 0.1) is 12.1 Å². The molecule has 4 aromatic rings. The number of anilines is 1. The Hall–Kier alpha value is -3.85. The van der Waals surface area contributed by atoms with E-state index in [2.05, 4.69) is 0 Å². The molecule has 9 heteroatoms. The standard InChI is InChI=1S/C29H26F3NO4S/c1-19-14-24(12-13-25(19)36-17-28(34)35)38-18-21-15-26(20-8-10-22(11-9-20)29(30,31)32)37-27(21)16-33(2)23-6-4-3-5-7-23/h3-15H,16-18H2,1-2H3,(H,34,35). The molecule has 0 fully saturated rings. The van der Waals surface area contributed by atoms with Gasteiger partial charge >= 0.3 is 12.1 Å². The third kappa shape index (κ3) is 6.92. The van der Waals surface area contributed by atoms with Crippen LogP contribution in [0.2, 0.25) is 0 Å². The van der Waals surface area contributed by atoms with E-state index in [1.54, 1.807) is 17.8 Å². The summed E-state index contributed by atoms with van der Waals surface area (Å²) in [6, 6.07) is 22.2. The van der Waals surface area contributed by atoms with E-state index in [0.29, 0.717) is 29.4 Å². The van der Waals surface area contributed by atoms with E-state index in [4.69, 9.17) is 14.3 Å². The minimum absolute atomic E-state index is 0.409. The quantitative estimate of drug-likeness (QED) is 0.208. The number of hydrogen-bond acceptors (Lipinski definition) is 5. The summed E-state index contributed by atoms with van der Waals surface area (Å²) in [6.07, 6.45) is -4.40. The van der Waals surface area contributed by atoms with Crippen LogP contribution in [-0.4, -0.2) is 24.7 Å². The van der Waals surface area contributed by atoms with Crippen molar-refractivity contribution in [2.24, 2.45) is 0 Å². The highest BCUT2D eigenvalue weighted by molar-refractivity contribution is 7.98. The maximum Gasteiger partial charge on any atom is 0.416 e. The zero-order valence-electron chi connectivity index (χ0n) is 20.8. The number of alkyl halides is 3. The number of ether oxygens (including phenoxy) is 1. The number of halogens is 3. The lowest BCUT2D eigenvalue weighted by molar-refractivity contribution is -0.139. The van der Waals surface area contributed by atoms with Crippen LogP contribution in [0.4, 0.5) is 18.9 Å². The molecule has 5 nitrogen and oxygen atoms in total. The third-order valence-electron chi connectivity index (χ3n) is 5.86. The van der Waals surface area contributed by atoms with Gasteiger partial charge in [-0.1, -0.05) is 30.3 Å². The minimum atomic E-state index is -4.40. The molecule has 1 heterocycles. The fourth-order valence-corrected chi connectivity index (χ4v) is 4.84. The van der Waals surface area contributed by atoms with Gasteiger partial charge in [-0.2, -0.15) is 13.2 Å². The number of aliphatic carboxylic acids is 1. The lowest BCUT2D eigenvalue weighted by Gasteiger charge is -2.18. The molecule has 198 valence electrons. The molecule has 1 aromatic heterocycles. The molecule has 0 bridgehead atoms. The number of carboxylic acid groups (broad SMARTS) is 1. The maximum absolute atomic E-state index is 13.0. The Balaban J connectivity index is 1.57. The number of rotatable bonds is 10. The Morgan fingerprint density at radius 3 is 2.37 bits per heavy atom. The Kier molecular flexibility index (Phi) is 8.36. The fraction of sp³-hybridized carbons (Fsp3) is 0.207. The van der Waals surface area contributed by atoms with Crippen molar-refractivity contribution < 1.29 is 32.2 Å². The van der Waals surface area contributed by atoms with Crippen molar-refractivity contribution in [1.82, 2.24) is 0 Å². The normalized spacial score (nSPS) is 11.4. The van der Waals surface area contributed by atoms with E-state index in [1.807, 2.05) is 67.4 Å². The summed E-state index contributed by atoms with van der Waals surface area (Å²) in [5.41, 5.74) is 2.60. The molecule has 0 aliphatic rings. The van der Waals surface area contributed by atoms with Gasteiger partial charge in [0.25, 0.3) is 0 Å². The van der Waals surface area contributed by atoms with Gasteiger partial charge in [-0.05, 0) is 61.0 Å². The van der Waals surface area contributed by atoms with E-state index in [0.717, 1.165) is 39.6 Å². The fourth-order valence-electron chi connectivity index (χ4n) is 3.85. The Morgan fingerprint density at radius 2 is 1.74 bits per heavy atom. The molecule has 0 amide bonds. The summed E-state index contributed by atoms with van der Waals surface area (Å²) in [5.74, 6) is 1.25. The highest BCUT2D eigenvalue weighted by atomic mass is 32.2. The van der Waals surface area contributed by atoms with Gasteiger partial charge in [0.15, 0.2) is 6.61 Å². The Morgan fingerprint density at radius 1 is 1.03 bits per heavy atom. The SMILES string of the molecule is Cc1cc(SCc2cc(-c3ccc(C(F)(F)F)cc3)oc2CN(C)c2ccccc2)ccc1OCC(=O)O. The number of furan rings is 1. The number of thioether (sulfide) groups is 1. The summed E-state index contributed by atoms with van der Waals surface area (Å²) >= 11 is 1.57. The van der Waals surface area contributed by atoms with Crippen LogP contribution in [0.1, 0.15) is 22.5 Å². The minimum Gasteiger partial charge on any atom is -0.482 e. The summed E-state index contributed by atoms with van der Waals surface area (Å²) in [5, 5.41) is 8.83. The Bertz CT molecular complexity index is 1390. The molecule has 0 aliphatic heterocycles. The molecule has 4 rings (SSSR count). The van der Waals surface area contributed by atoms with Crippen molar-refractivity contribution in [1.29, 1.82) is 0 Å². The van der Waals surface area contributed by atoms with Crippen molar-refractivity contribution in [2.75, 3.05) is 18.6 Å². The number of carboxylic acids is 1. The molecule has 3 aromatic carbocycles. The first-order valence-electron chi connectivity index (χ1n) is 11.7. The van der Waals surface area contributed by atoms with Crippen LogP contribution in [0.5, 0.6) is 5.75 Å². The van der Waals surface area contributed by atoms with Gasteiger partial charge in [0.1, 0.15) is 17.3 Å². The van der Waals surface area contributed by atoms with Crippen molar-refractivity contribution in [3.05, 3.63) is 101 Å². The second kappa shape index (κ2) is 11.7. The van der Waals surface area contributed by atoms with Crippen LogP contribution in [-0.2, 0) is 23.3 Å². The van der Waals surface area contributed by atoms with Gasteiger partial charge in [-0.25, -0.2) is 4.79 Å². The first-order chi connectivity index (χ1) is 18.1. The number of hydrogen-bond donors (Lipinski definition) is 1. The molecule has 0 saturated heterocycles. The second-order valence-electron chi connectivity index (χ2n) is 8.72. The van der Waals surface area contributed by atoms with Crippen molar-refractivity contribution >= 4 is 23.4 Å². The van der Waals surface area contributed by atoms with Crippen LogP contribution < -0.4 is 9.64 Å². The van der Waals surface area contributed by atoms with E-state index < -0.39 is 24.3 Å². The highest BCUT2D eigenvalue weighted by Gasteiger charge is 2.30. The predicted octanol–water partition coefficient (Wildman–Crippen LogP) is 7.67. The topological polar surface area (TPSA) is 62.9 Å². The molecule has 0 atom stereocenters. The van der Waals surface area contributed by atoms with Crippen LogP contribution in [0, 0.1) is 6.92 Å². The third-order valence-corrected chi connectivity index (χ3v) is 6.91. The number of aryl methyl sites for hydroxylation is 1. The first-order valence-corrected chi connectivity index (χ1v) is 12.7. The summed E-state index contributed by atoms with van der Waals surface area (Å²) in [6.45, 7) is 1.91. The van der Waals surface area contributed by atoms with Gasteiger partial charge in [0.2, 0.25) is 0 Å². The lowest BCUT2D eigenvalue weighted by Crippen LogP contribution is -2.16. The molecule has 0 spiro atoms. The molecule has 0 saturated carbocycles. The molecular formula is C29H26F3NO4S.